The molecule has 0 aliphatic rings. The van der Waals surface area contributed by atoms with Gasteiger partial charge < -0.3 is 21.5 Å². The predicted octanol–water partition coefficient (Wildman–Crippen LogP) is 2.88. The van der Waals surface area contributed by atoms with Crippen LogP contribution in [0.1, 0.15) is 0 Å². The van der Waals surface area contributed by atoms with Gasteiger partial charge in [0.2, 0.25) is 0 Å². The summed E-state index contributed by atoms with van der Waals surface area (Å²) >= 11 is 9.00. The molecular weight excluding hydrogens is 367 g/mol. The number of primary amides is 1. The maximum absolute atomic E-state index is 14.1. The minimum absolute atomic E-state index is 0.0470. The van der Waals surface area contributed by atoms with E-state index in [-0.39, 0.29) is 28.2 Å². The maximum Gasteiger partial charge on any atom is 0.404 e. The van der Waals surface area contributed by atoms with Crippen molar-refractivity contribution >= 4 is 55.9 Å². The first kappa shape index (κ1) is 15.6. The number of pyridine rings is 1. The Balaban J connectivity index is 2.38. The summed E-state index contributed by atoms with van der Waals surface area (Å²) in [5, 5.41) is 3.58. The molecule has 0 atom stereocenters. The largest absolute Gasteiger partial charge is 0.448 e. The van der Waals surface area contributed by atoms with Crippen LogP contribution in [0.4, 0.5) is 20.6 Å². The van der Waals surface area contributed by atoms with Gasteiger partial charge in [-0.1, -0.05) is 11.6 Å². The Hall–Kier alpha value is -1.80. The summed E-state index contributed by atoms with van der Waals surface area (Å²) < 4.78 is 18.8. The van der Waals surface area contributed by atoms with E-state index in [1.165, 1.54) is 6.20 Å². The van der Waals surface area contributed by atoms with Gasteiger partial charge in [-0.15, -0.1) is 0 Å². The van der Waals surface area contributed by atoms with Crippen LogP contribution in [0.5, 0.6) is 0 Å². The van der Waals surface area contributed by atoms with Crippen LogP contribution in [-0.2, 0) is 4.74 Å². The molecule has 1 heterocycles. The van der Waals surface area contributed by atoms with E-state index < -0.39 is 11.9 Å². The Labute approximate surface area is 132 Å². The standard InChI is InChI=1S/C12H11BrClFN4O2/c13-8-6(14)3-5-10(18-1-2-21-12(17)20)7(16)4-19-11(5)9(8)15/h3-4H,1-2,16H2,(H2,17,20)(H,18,19). The number of nitrogens with one attached hydrogen (secondary N) is 1. The first-order valence-corrected chi connectivity index (χ1v) is 6.96. The average Bonchev–Trinajstić information content (AvgIpc) is 2.43. The number of hydrogen-bond donors (Lipinski definition) is 3. The van der Waals surface area contributed by atoms with Gasteiger partial charge in [-0.05, 0) is 22.0 Å². The van der Waals surface area contributed by atoms with Crippen LogP contribution in [0.15, 0.2) is 16.7 Å². The Morgan fingerprint density at radius 2 is 2.29 bits per heavy atom. The number of halogens is 3. The third-order valence-corrected chi connectivity index (χ3v) is 3.98. The Kier molecular flexibility index (Phi) is 4.69. The molecule has 1 aromatic carbocycles. The highest BCUT2D eigenvalue weighted by Gasteiger charge is 2.15. The van der Waals surface area contributed by atoms with Gasteiger partial charge >= 0.3 is 6.09 Å². The van der Waals surface area contributed by atoms with Crippen LogP contribution < -0.4 is 16.8 Å². The minimum Gasteiger partial charge on any atom is -0.448 e. The fraction of sp³-hybridized carbons (Fsp3) is 0.167. The highest BCUT2D eigenvalue weighted by molar-refractivity contribution is 9.10. The van der Waals surface area contributed by atoms with Crippen molar-refractivity contribution in [1.29, 1.82) is 0 Å². The smallest absolute Gasteiger partial charge is 0.404 e. The molecule has 0 aliphatic heterocycles. The number of carbonyl (C=O) groups excluding carboxylic acids is 1. The van der Waals surface area contributed by atoms with Gasteiger partial charge in [-0.3, -0.25) is 4.98 Å². The lowest BCUT2D eigenvalue weighted by Gasteiger charge is -2.13. The van der Waals surface area contributed by atoms with Crippen LogP contribution >= 0.6 is 27.5 Å². The zero-order valence-corrected chi connectivity index (χ0v) is 13.0. The van der Waals surface area contributed by atoms with Gasteiger partial charge in [0.05, 0.1) is 27.1 Å². The number of ether oxygens (including phenoxy) is 1. The van der Waals surface area contributed by atoms with E-state index in [4.69, 9.17) is 23.1 Å². The highest BCUT2D eigenvalue weighted by Crippen LogP contribution is 2.36. The summed E-state index contributed by atoms with van der Waals surface area (Å²) in [6.07, 6.45) is 0.464. The van der Waals surface area contributed by atoms with Gasteiger partial charge in [0, 0.05) is 11.9 Å². The quantitative estimate of drug-likeness (QED) is 0.561. The van der Waals surface area contributed by atoms with E-state index in [9.17, 15) is 9.18 Å². The number of hydrogen-bond acceptors (Lipinski definition) is 5. The zero-order valence-electron chi connectivity index (χ0n) is 10.6. The molecule has 2 rings (SSSR count). The molecule has 5 N–H and O–H groups in total. The van der Waals surface area contributed by atoms with Crippen LogP contribution in [-0.4, -0.2) is 24.2 Å². The molecule has 112 valence electrons. The molecule has 0 unspecified atom stereocenters. The van der Waals surface area contributed by atoms with E-state index >= 15 is 0 Å². The monoisotopic (exact) mass is 376 g/mol. The van der Waals surface area contributed by atoms with Crippen molar-refractivity contribution in [2.45, 2.75) is 0 Å². The molecule has 0 saturated carbocycles. The molecule has 0 bridgehead atoms. The number of nitrogens with two attached hydrogens (primary N) is 2. The molecular formula is C12H11BrClFN4O2. The second kappa shape index (κ2) is 6.31. The maximum atomic E-state index is 14.1. The molecule has 2 aromatic rings. The zero-order chi connectivity index (χ0) is 15.6. The van der Waals surface area contributed by atoms with Gasteiger partial charge in [0.25, 0.3) is 0 Å². The van der Waals surface area contributed by atoms with Gasteiger partial charge in [-0.2, -0.15) is 0 Å². The molecule has 0 aliphatic carbocycles. The van der Waals surface area contributed by atoms with E-state index in [1.54, 1.807) is 6.07 Å². The summed E-state index contributed by atoms with van der Waals surface area (Å²) in [4.78, 5) is 14.4. The molecule has 21 heavy (non-hydrogen) atoms. The minimum atomic E-state index is -0.873. The molecule has 1 aromatic heterocycles. The number of amides is 1. The van der Waals surface area contributed by atoms with Gasteiger partial charge in [0.15, 0.2) is 5.82 Å². The number of aromatic nitrogens is 1. The lowest BCUT2D eigenvalue weighted by atomic mass is 10.1. The second-order valence-electron chi connectivity index (χ2n) is 4.07. The Morgan fingerprint density at radius 1 is 1.57 bits per heavy atom. The third kappa shape index (κ3) is 3.27. The van der Waals surface area contributed by atoms with Crippen molar-refractivity contribution in [3.05, 3.63) is 27.6 Å². The average molecular weight is 378 g/mol. The fourth-order valence-electron chi connectivity index (χ4n) is 1.78. The van der Waals surface area contributed by atoms with Crippen molar-refractivity contribution in [3.63, 3.8) is 0 Å². The summed E-state index contributed by atoms with van der Waals surface area (Å²) in [6, 6.07) is 1.55. The van der Waals surface area contributed by atoms with Crippen molar-refractivity contribution in [1.82, 2.24) is 4.98 Å². The van der Waals surface area contributed by atoms with E-state index in [2.05, 4.69) is 31.0 Å². The van der Waals surface area contributed by atoms with Crippen LogP contribution in [0.25, 0.3) is 10.9 Å². The van der Waals surface area contributed by atoms with Crippen molar-refractivity contribution in [2.24, 2.45) is 5.73 Å². The second-order valence-corrected chi connectivity index (χ2v) is 5.27. The SMILES string of the molecule is NC(=O)OCCNc1c(N)cnc2c(F)c(Br)c(Cl)cc12. The number of nitrogen functional groups attached to an aromatic ring is 1. The van der Waals surface area contributed by atoms with Crippen LogP contribution in [0.3, 0.4) is 0 Å². The van der Waals surface area contributed by atoms with Gasteiger partial charge in [0.1, 0.15) is 12.1 Å². The first-order valence-electron chi connectivity index (χ1n) is 5.79. The Bertz CT molecular complexity index is 713. The van der Waals surface area contributed by atoms with E-state index in [1.807, 2.05) is 0 Å². The normalized spacial score (nSPS) is 10.6. The number of rotatable bonds is 4. The van der Waals surface area contributed by atoms with Crippen LogP contribution in [0, 0.1) is 5.82 Å². The third-order valence-electron chi connectivity index (χ3n) is 2.68. The number of anilines is 2. The lowest BCUT2D eigenvalue weighted by Crippen LogP contribution is -2.18. The molecule has 0 spiro atoms. The Morgan fingerprint density at radius 3 is 2.95 bits per heavy atom. The summed E-state index contributed by atoms with van der Waals surface area (Å²) in [7, 11) is 0. The van der Waals surface area contributed by atoms with Crippen molar-refractivity contribution in [2.75, 3.05) is 24.2 Å². The molecule has 9 heteroatoms. The lowest BCUT2D eigenvalue weighted by molar-refractivity contribution is 0.161. The molecule has 1 amide bonds. The van der Waals surface area contributed by atoms with E-state index in [0.29, 0.717) is 16.8 Å². The summed E-state index contributed by atoms with van der Waals surface area (Å²) in [5.41, 5.74) is 11.6. The number of nitrogens with zero attached hydrogens (tertiary/aromatic N) is 1. The topological polar surface area (TPSA) is 103 Å². The van der Waals surface area contributed by atoms with Crippen molar-refractivity contribution in [3.8, 4) is 0 Å². The number of carbonyl (C=O) groups is 1. The van der Waals surface area contributed by atoms with Crippen molar-refractivity contribution < 1.29 is 13.9 Å². The first-order chi connectivity index (χ1) is 9.91. The summed E-state index contributed by atoms with van der Waals surface area (Å²) in [5.74, 6) is -0.575. The van der Waals surface area contributed by atoms with Crippen LogP contribution in [0.2, 0.25) is 5.02 Å². The molecule has 6 nitrogen and oxygen atoms in total. The summed E-state index contributed by atoms with van der Waals surface area (Å²) in [6.45, 7) is 0.298. The number of benzene rings is 1. The van der Waals surface area contributed by atoms with Gasteiger partial charge in [-0.25, -0.2) is 9.18 Å². The van der Waals surface area contributed by atoms with E-state index in [0.717, 1.165) is 0 Å². The number of fused-ring (bicyclic) bond motifs is 1. The molecule has 0 fully saturated rings. The predicted molar refractivity (Wildman–Crippen MR) is 82.8 cm³/mol. The fourth-order valence-corrected chi connectivity index (χ4v) is 2.28. The molecule has 0 saturated heterocycles. The highest BCUT2D eigenvalue weighted by atomic mass is 79.9. The molecule has 0 radical (unpaired) electrons.